The summed E-state index contributed by atoms with van der Waals surface area (Å²) in [5, 5.41) is 0. The predicted molar refractivity (Wildman–Crippen MR) is 88.0 cm³/mol. The van der Waals surface area contributed by atoms with Crippen LogP contribution in [0.5, 0.6) is 0 Å². The number of piperidine rings is 1. The van der Waals surface area contributed by atoms with E-state index in [1.165, 1.54) is 11.3 Å². The van der Waals surface area contributed by atoms with Gasteiger partial charge in [-0.2, -0.15) is 4.31 Å². The van der Waals surface area contributed by atoms with Crippen LogP contribution in [-0.4, -0.2) is 32.4 Å². The molecule has 0 amide bonds. The van der Waals surface area contributed by atoms with Gasteiger partial charge in [-0.15, -0.1) is 11.3 Å². The zero-order valence-corrected chi connectivity index (χ0v) is 14.8. The molecule has 1 aliphatic heterocycles. The van der Waals surface area contributed by atoms with Crippen molar-refractivity contribution in [2.45, 2.75) is 44.2 Å². The van der Waals surface area contributed by atoms with Gasteiger partial charge in [0.25, 0.3) is 10.0 Å². The van der Waals surface area contributed by atoms with Gasteiger partial charge >= 0.3 is 0 Å². The van der Waals surface area contributed by atoms with Crippen molar-refractivity contribution in [1.82, 2.24) is 4.31 Å². The topological polar surface area (TPSA) is 63.4 Å². The Labute approximate surface area is 132 Å². The lowest BCUT2D eigenvalue weighted by molar-refractivity contribution is 0.154. The molecule has 2 heterocycles. The Morgan fingerprint density at radius 1 is 1.29 bits per heavy atom. The summed E-state index contributed by atoms with van der Waals surface area (Å²) >= 11 is 1.35. The first-order chi connectivity index (χ1) is 9.75. The Bertz CT molecular complexity index is 565. The summed E-state index contributed by atoms with van der Waals surface area (Å²) in [6.45, 7) is 8.53. The van der Waals surface area contributed by atoms with Crippen molar-refractivity contribution in [3.63, 3.8) is 0 Å². The number of sulfonamides is 1. The second kappa shape index (κ2) is 6.36. The van der Waals surface area contributed by atoms with E-state index in [-0.39, 0.29) is 5.41 Å². The van der Waals surface area contributed by atoms with Crippen molar-refractivity contribution in [2.24, 2.45) is 17.1 Å². The molecule has 0 atom stereocenters. The predicted octanol–water partition coefficient (Wildman–Crippen LogP) is 2.70. The summed E-state index contributed by atoms with van der Waals surface area (Å²) in [5.41, 5.74) is 5.78. The van der Waals surface area contributed by atoms with Crippen LogP contribution in [0.3, 0.4) is 0 Å². The molecule has 2 N–H and O–H groups in total. The smallest absolute Gasteiger partial charge is 0.252 e. The first-order valence-corrected chi connectivity index (χ1v) is 9.79. The maximum absolute atomic E-state index is 12.7. The van der Waals surface area contributed by atoms with Gasteiger partial charge in [0.1, 0.15) is 4.21 Å². The number of hydrogen-bond acceptors (Lipinski definition) is 4. The Morgan fingerprint density at radius 2 is 1.90 bits per heavy atom. The fourth-order valence-corrected chi connectivity index (χ4v) is 5.86. The Hall–Kier alpha value is -0.430. The molecule has 1 saturated heterocycles. The SMILES string of the molecule is CC(C)(C)C1CCN(S(=O)(=O)c2ccc(CCN)s2)CC1. The fourth-order valence-electron chi connectivity index (χ4n) is 2.86. The van der Waals surface area contributed by atoms with Gasteiger partial charge < -0.3 is 5.73 Å². The summed E-state index contributed by atoms with van der Waals surface area (Å²) in [6.07, 6.45) is 2.64. The minimum absolute atomic E-state index is 0.257. The van der Waals surface area contributed by atoms with Crippen LogP contribution >= 0.6 is 11.3 Å². The molecule has 0 aliphatic carbocycles. The van der Waals surface area contributed by atoms with Gasteiger partial charge in [-0.3, -0.25) is 0 Å². The lowest BCUT2D eigenvalue weighted by atomic mass is 9.76. The highest BCUT2D eigenvalue weighted by molar-refractivity contribution is 7.91. The van der Waals surface area contributed by atoms with Crippen molar-refractivity contribution in [1.29, 1.82) is 0 Å². The molecule has 0 aromatic carbocycles. The average molecular weight is 331 g/mol. The Kier molecular flexibility index (Phi) is 5.13. The molecule has 120 valence electrons. The number of rotatable bonds is 4. The maximum atomic E-state index is 12.7. The minimum atomic E-state index is -3.32. The minimum Gasteiger partial charge on any atom is -0.330 e. The number of hydrogen-bond donors (Lipinski definition) is 1. The molecular formula is C15H26N2O2S2. The van der Waals surface area contributed by atoms with Crippen molar-refractivity contribution < 1.29 is 8.42 Å². The van der Waals surface area contributed by atoms with Crippen LogP contribution in [0.2, 0.25) is 0 Å². The number of nitrogens with two attached hydrogens (primary N) is 1. The van der Waals surface area contributed by atoms with Crippen molar-refractivity contribution in [2.75, 3.05) is 19.6 Å². The molecule has 21 heavy (non-hydrogen) atoms. The van der Waals surface area contributed by atoms with Gasteiger partial charge in [0, 0.05) is 18.0 Å². The van der Waals surface area contributed by atoms with Crippen molar-refractivity contribution >= 4 is 21.4 Å². The molecular weight excluding hydrogens is 304 g/mol. The second-order valence-corrected chi connectivity index (χ2v) is 10.1. The van der Waals surface area contributed by atoms with E-state index in [9.17, 15) is 8.42 Å². The van der Waals surface area contributed by atoms with Crippen molar-refractivity contribution in [3.05, 3.63) is 17.0 Å². The number of thiophene rings is 1. The van der Waals surface area contributed by atoms with E-state index >= 15 is 0 Å². The Balaban J connectivity index is 2.07. The zero-order chi connectivity index (χ0) is 15.7. The molecule has 0 unspecified atom stereocenters. The van der Waals surface area contributed by atoms with E-state index < -0.39 is 10.0 Å². The van der Waals surface area contributed by atoms with E-state index in [4.69, 9.17) is 5.73 Å². The highest BCUT2D eigenvalue weighted by Gasteiger charge is 2.34. The first-order valence-electron chi connectivity index (χ1n) is 7.54. The molecule has 0 spiro atoms. The Morgan fingerprint density at radius 3 is 2.43 bits per heavy atom. The fraction of sp³-hybridized carbons (Fsp3) is 0.733. The van der Waals surface area contributed by atoms with Gasteiger partial charge in [0.15, 0.2) is 0 Å². The normalized spacial score (nSPS) is 19.0. The van der Waals surface area contributed by atoms with Crippen LogP contribution in [0, 0.1) is 11.3 Å². The maximum Gasteiger partial charge on any atom is 0.252 e. The summed E-state index contributed by atoms with van der Waals surface area (Å²) in [7, 11) is -3.32. The molecule has 4 nitrogen and oxygen atoms in total. The molecule has 0 bridgehead atoms. The third-order valence-electron chi connectivity index (χ3n) is 4.30. The first kappa shape index (κ1) is 16.9. The molecule has 2 rings (SSSR count). The molecule has 1 fully saturated rings. The average Bonchev–Trinajstić information content (AvgIpc) is 2.88. The van der Waals surface area contributed by atoms with Gasteiger partial charge in [-0.05, 0) is 49.3 Å². The van der Waals surface area contributed by atoms with E-state index in [1.807, 2.05) is 6.07 Å². The monoisotopic (exact) mass is 330 g/mol. The molecule has 1 aliphatic rings. The summed E-state index contributed by atoms with van der Waals surface area (Å²) in [5.74, 6) is 0.597. The lowest BCUT2D eigenvalue weighted by Gasteiger charge is -2.38. The highest BCUT2D eigenvalue weighted by Crippen LogP contribution is 2.36. The lowest BCUT2D eigenvalue weighted by Crippen LogP contribution is -2.41. The van der Waals surface area contributed by atoms with E-state index in [0.717, 1.165) is 24.1 Å². The second-order valence-electron chi connectivity index (χ2n) is 6.80. The molecule has 0 radical (unpaired) electrons. The molecule has 1 aromatic rings. The van der Waals surface area contributed by atoms with Crippen LogP contribution in [0.15, 0.2) is 16.3 Å². The summed E-state index contributed by atoms with van der Waals surface area (Å²) in [4.78, 5) is 1.04. The third kappa shape index (κ3) is 3.86. The largest absolute Gasteiger partial charge is 0.330 e. The number of nitrogens with zero attached hydrogens (tertiary/aromatic N) is 1. The van der Waals surface area contributed by atoms with E-state index in [0.29, 0.717) is 29.8 Å². The summed E-state index contributed by atoms with van der Waals surface area (Å²) < 4.78 is 27.4. The van der Waals surface area contributed by atoms with Crippen LogP contribution in [0.1, 0.15) is 38.5 Å². The molecule has 1 aromatic heterocycles. The summed E-state index contributed by atoms with van der Waals surface area (Å²) in [6, 6.07) is 3.60. The van der Waals surface area contributed by atoms with Gasteiger partial charge in [0.2, 0.25) is 0 Å². The molecule has 6 heteroatoms. The zero-order valence-electron chi connectivity index (χ0n) is 13.1. The van der Waals surface area contributed by atoms with Gasteiger partial charge in [-0.1, -0.05) is 20.8 Å². The van der Waals surface area contributed by atoms with Crippen molar-refractivity contribution in [3.8, 4) is 0 Å². The standard InChI is InChI=1S/C15H26N2O2S2/c1-15(2,3)12-7-10-17(11-8-12)21(18,19)14-5-4-13(20-14)6-9-16/h4-5,12H,6-11,16H2,1-3H3. The van der Waals surface area contributed by atoms with Crippen LogP contribution in [0.4, 0.5) is 0 Å². The van der Waals surface area contributed by atoms with Crippen LogP contribution in [-0.2, 0) is 16.4 Å². The van der Waals surface area contributed by atoms with Crippen LogP contribution < -0.4 is 5.73 Å². The quantitative estimate of drug-likeness (QED) is 0.923. The molecule has 0 saturated carbocycles. The van der Waals surface area contributed by atoms with Crippen LogP contribution in [0.25, 0.3) is 0 Å². The van der Waals surface area contributed by atoms with Gasteiger partial charge in [0.05, 0.1) is 0 Å². The van der Waals surface area contributed by atoms with Gasteiger partial charge in [-0.25, -0.2) is 8.42 Å². The third-order valence-corrected chi connectivity index (χ3v) is 7.81. The highest BCUT2D eigenvalue weighted by atomic mass is 32.2. The van der Waals surface area contributed by atoms with E-state index in [1.54, 1.807) is 10.4 Å². The van der Waals surface area contributed by atoms with E-state index in [2.05, 4.69) is 20.8 Å².